The number of aliphatic hydroxyl groups excluding tert-OH is 1. The molecule has 1 unspecified atom stereocenters. The Hall–Kier alpha value is -0.380. The van der Waals surface area contributed by atoms with Gasteiger partial charge < -0.3 is 14.6 Å². The normalized spacial score (nSPS) is 45.2. The summed E-state index contributed by atoms with van der Waals surface area (Å²) >= 11 is 0. The first-order valence-electron chi connectivity index (χ1n) is 4.93. The molecule has 3 nitrogen and oxygen atoms in total. The molecule has 0 radical (unpaired) electrons. The van der Waals surface area contributed by atoms with Gasteiger partial charge in [0, 0.05) is 18.9 Å². The summed E-state index contributed by atoms with van der Waals surface area (Å²) in [6, 6.07) is 0. The van der Waals surface area contributed by atoms with E-state index in [9.17, 15) is 5.11 Å². The lowest BCUT2D eigenvalue weighted by molar-refractivity contribution is -0.177. The number of ether oxygens (including phenoxy) is 2. The molecule has 2 fully saturated rings. The molecule has 1 saturated carbocycles. The summed E-state index contributed by atoms with van der Waals surface area (Å²) < 4.78 is 11.4. The van der Waals surface area contributed by atoms with Gasteiger partial charge in [-0.1, -0.05) is 12.2 Å². The fourth-order valence-corrected chi connectivity index (χ4v) is 3.00. The zero-order chi connectivity index (χ0) is 8.89. The van der Waals surface area contributed by atoms with E-state index in [0.717, 1.165) is 6.42 Å². The summed E-state index contributed by atoms with van der Waals surface area (Å²) in [5.74, 6) is 0.712. The van der Waals surface area contributed by atoms with Crippen molar-refractivity contribution in [3.05, 3.63) is 12.2 Å². The van der Waals surface area contributed by atoms with Crippen molar-refractivity contribution in [2.75, 3.05) is 19.8 Å². The third-order valence-corrected chi connectivity index (χ3v) is 3.59. The molecule has 1 spiro atoms. The van der Waals surface area contributed by atoms with Crippen molar-refractivity contribution < 1.29 is 14.6 Å². The lowest BCUT2D eigenvalue weighted by atomic mass is 9.96. The van der Waals surface area contributed by atoms with Gasteiger partial charge in [-0.3, -0.25) is 0 Å². The van der Waals surface area contributed by atoms with Crippen molar-refractivity contribution in [2.24, 2.45) is 17.8 Å². The van der Waals surface area contributed by atoms with E-state index < -0.39 is 0 Å². The molecule has 1 N–H and O–H groups in total. The van der Waals surface area contributed by atoms with Crippen LogP contribution in [0.5, 0.6) is 0 Å². The number of hydrogen-bond donors (Lipinski definition) is 1. The minimum Gasteiger partial charge on any atom is -0.396 e. The van der Waals surface area contributed by atoms with Gasteiger partial charge in [0.1, 0.15) is 0 Å². The number of rotatable bonds is 1. The Bertz CT molecular complexity index is 243. The molecule has 1 saturated heterocycles. The summed E-state index contributed by atoms with van der Waals surface area (Å²) in [4.78, 5) is 0. The molecule has 72 valence electrons. The first-order chi connectivity index (χ1) is 6.36. The van der Waals surface area contributed by atoms with Crippen molar-refractivity contribution in [3.63, 3.8) is 0 Å². The molecule has 3 rings (SSSR count). The number of fused-ring (bicyclic) bond motifs is 3. The Balaban J connectivity index is 1.91. The van der Waals surface area contributed by atoms with Gasteiger partial charge in [0.05, 0.1) is 13.2 Å². The Labute approximate surface area is 77.3 Å². The fourth-order valence-electron chi connectivity index (χ4n) is 3.00. The Morgan fingerprint density at radius 1 is 1.31 bits per heavy atom. The van der Waals surface area contributed by atoms with Crippen LogP contribution in [-0.2, 0) is 9.47 Å². The van der Waals surface area contributed by atoms with Crippen LogP contribution in [0.15, 0.2) is 12.2 Å². The van der Waals surface area contributed by atoms with E-state index >= 15 is 0 Å². The molecule has 0 amide bonds. The summed E-state index contributed by atoms with van der Waals surface area (Å²) in [5, 5.41) is 9.24. The zero-order valence-corrected chi connectivity index (χ0v) is 7.48. The van der Waals surface area contributed by atoms with Gasteiger partial charge in [-0.25, -0.2) is 0 Å². The molecular weight excluding hydrogens is 168 g/mol. The molecule has 1 heterocycles. The summed E-state index contributed by atoms with van der Waals surface area (Å²) in [7, 11) is 0. The second kappa shape index (κ2) is 2.56. The van der Waals surface area contributed by atoms with Crippen LogP contribution in [0, 0.1) is 17.8 Å². The summed E-state index contributed by atoms with van der Waals surface area (Å²) in [5.41, 5.74) is 0. The van der Waals surface area contributed by atoms with Gasteiger partial charge in [0.15, 0.2) is 5.79 Å². The van der Waals surface area contributed by atoms with Gasteiger partial charge in [-0.05, 0) is 11.8 Å². The van der Waals surface area contributed by atoms with Crippen LogP contribution in [0.2, 0.25) is 0 Å². The monoisotopic (exact) mass is 182 g/mol. The highest BCUT2D eigenvalue weighted by atomic mass is 16.7. The van der Waals surface area contributed by atoms with Gasteiger partial charge in [-0.2, -0.15) is 0 Å². The zero-order valence-electron chi connectivity index (χ0n) is 7.48. The highest BCUT2D eigenvalue weighted by molar-refractivity contribution is 5.18. The second-order valence-electron chi connectivity index (χ2n) is 4.13. The average Bonchev–Trinajstić information content (AvgIpc) is 2.79. The van der Waals surface area contributed by atoms with E-state index in [4.69, 9.17) is 9.47 Å². The quantitative estimate of drug-likeness (QED) is 0.602. The molecule has 1 aliphatic heterocycles. The Kier molecular flexibility index (Phi) is 1.57. The van der Waals surface area contributed by atoms with Crippen molar-refractivity contribution in [3.8, 4) is 0 Å². The number of allylic oxidation sites excluding steroid dienone is 1. The van der Waals surface area contributed by atoms with Crippen LogP contribution < -0.4 is 0 Å². The van der Waals surface area contributed by atoms with Gasteiger partial charge in [0.25, 0.3) is 0 Å². The molecule has 0 aromatic heterocycles. The number of aliphatic hydroxyl groups is 1. The van der Waals surface area contributed by atoms with Crippen molar-refractivity contribution >= 4 is 0 Å². The maximum atomic E-state index is 9.24. The molecule has 3 atom stereocenters. The minimum absolute atomic E-state index is 0.247. The van der Waals surface area contributed by atoms with Crippen LogP contribution in [-0.4, -0.2) is 30.7 Å². The smallest absolute Gasteiger partial charge is 0.175 e. The molecule has 3 aliphatic rings. The predicted molar refractivity (Wildman–Crippen MR) is 45.9 cm³/mol. The van der Waals surface area contributed by atoms with Crippen molar-refractivity contribution in [2.45, 2.75) is 12.2 Å². The Morgan fingerprint density at radius 3 is 2.69 bits per heavy atom. The first kappa shape index (κ1) is 7.97. The van der Waals surface area contributed by atoms with E-state index in [0.29, 0.717) is 25.0 Å². The van der Waals surface area contributed by atoms with Gasteiger partial charge in [0.2, 0.25) is 0 Å². The third-order valence-electron chi connectivity index (χ3n) is 3.59. The molecule has 2 aliphatic carbocycles. The average molecular weight is 182 g/mol. The highest BCUT2D eigenvalue weighted by Gasteiger charge is 2.57. The van der Waals surface area contributed by atoms with Crippen molar-refractivity contribution in [1.82, 2.24) is 0 Å². The fraction of sp³-hybridized carbons (Fsp3) is 0.800. The van der Waals surface area contributed by atoms with Crippen LogP contribution in [0.3, 0.4) is 0 Å². The van der Waals surface area contributed by atoms with Crippen LogP contribution in [0.25, 0.3) is 0 Å². The second-order valence-corrected chi connectivity index (χ2v) is 4.13. The van der Waals surface area contributed by atoms with Gasteiger partial charge >= 0.3 is 0 Å². The van der Waals surface area contributed by atoms with Crippen LogP contribution in [0.1, 0.15) is 6.42 Å². The Morgan fingerprint density at radius 2 is 2.08 bits per heavy atom. The largest absolute Gasteiger partial charge is 0.396 e. The summed E-state index contributed by atoms with van der Waals surface area (Å²) in [6.45, 7) is 1.65. The summed E-state index contributed by atoms with van der Waals surface area (Å²) in [6.07, 6.45) is 5.28. The highest BCUT2D eigenvalue weighted by Crippen LogP contribution is 2.53. The molecule has 13 heavy (non-hydrogen) atoms. The maximum absolute atomic E-state index is 9.24. The molecule has 0 aromatic rings. The van der Waals surface area contributed by atoms with E-state index in [1.54, 1.807) is 0 Å². The first-order valence-corrected chi connectivity index (χ1v) is 4.93. The predicted octanol–water partition coefficient (Wildman–Crippen LogP) is 0.544. The third kappa shape index (κ3) is 0.897. The van der Waals surface area contributed by atoms with Crippen LogP contribution in [0.4, 0.5) is 0 Å². The SMILES string of the molecule is OC[C@H]1C2C=C[C@@H]1CC21OCCO1. The topological polar surface area (TPSA) is 38.7 Å². The molecule has 3 heteroatoms. The van der Waals surface area contributed by atoms with E-state index in [1.807, 2.05) is 0 Å². The lowest BCUT2D eigenvalue weighted by Crippen LogP contribution is -2.36. The minimum atomic E-state index is -0.368. The molecule has 0 aromatic carbocycles. The van der Waals surface area contributed by atoms with E-state index in [1.165, 1.54) is 0 Å². The standard InChI is InChI=1S/C10H14O3/c11-6-8-7-1-2-9(8)10(5-7)12-3-4-13-10/h1-2,7-9,11H,3-6H2/t7-,8-,9?/m1/s1. The van der Waals surface area contributed by atoms with E-state index in [2.05, 4.69) is 12.2 Å². The molecule has 2 bridgehead atoms. The lowest BCUT2D eigenvalue weighted by Gasteiger charge is -2.29. The van der Waals surface area contributed by atoms with Crippen molar-refractivity contribution in [1.29, 1.82) is 0 Å². The maximum Gasteiger partial charge on any atom is 0.175 e. The van der Waals surface area contributed by atoms with Crippen LogP contribution >= 0.6 is 0 Å². The van der Waals surface area contributed by atoms with E-state index in [-0.39, 0.29) is 18.3 Å². The van der Waals surface area contributed by atoms with Gasteiger partial charge in [-0.15, -0.1) is 0 Å². The molecular formula is C10H14O3. The number of hydrogen-bond acceptors (Lipinski definition) is 3.